The molecule has 144 valence electrons. The number of carbonyl (C=O) groups excluding carboxylic acids is 1. The van der Waals surface area contributed by atoms with Crippen LogP contribution in [0.5, 0.6) is 0 Å². The van der Waals surface area contributed by atoms with Crippen molar-refractivity contribution in [3.63, 3.8) is 0 Å². The molecule has 0 saturated carbocycles. The maximum Gasteiger partial charge on any atom is 0.243 e. The average molecular weight is 407 g/mol. The summed E-state index contributed by atoms with van der Waals surface area (Å²) in [5.74, 6) is 0.314. The van der Waals surface area contributed by atoms with E-state index in [0.29, 0.717) is 41.0 Å². The van der Waals surface area contributed by atoms with Crippen molar-refractivity contribution < 1.29 is 13.2 Å². The summed E-state index contributed by atoms with van der Waals surface area (Å²) in [7, 11) is -3.42. The molecule has 0 spiro atoms. The number of benzene rings is 2. The molecule has 27 heavy (non-hydrogen) atoms. The van der Waals surface area contributed by atoms with Crippen LogP contribution in [0.2, 0.25) is 5.02 Å². The second-order valence-corrected chi connectivity index (χ2v) is 9.13. The van der Waals surface area contributed by atoms with Gasteiger partial charge < -0.3 is 5.32 Å². The van der Waals surface area contributed by atoms with Crippen LogP contribution < -0.4 is 5.32 Å². The number of carbonyl (C=O) groups is 1. The van der Waals surface area contributed by atoms with E-state index in [2.05, 4.69) is 5.32 Å². The van der Waals surface area contributed by atoms with E-state index in [-0.39, 0.29) is 5.91 Å². The van der Waals surface area contributed by atoms with Gasteiger partial charge in [0.05, 0.1) is 4.90 Å². The summed E-state index contributed by atoms with van der Waals surface area (Å²) in [6, 6.07) is 15.6. The van der Waals surface area contributed by atoms with Crippen LogP contribution in [-0.4, -0.2) is 31.7 Å². The Hall–Kier alpha value is -1.89. The van der Waals surface area contributed by atoms with Crippen LogP contribution in [0, 0.1) is 5.92 Å². The molecule has 1 heterocycles. The molecule has 1 fully saturated rings. The number of sulfonamides is 1. The van der Waals surface area contributed by atoms with Crippen LogP contribution in [0.15, 0.2) is 59.5 Å². The molecule has 7 heteroatoms. The number of halogens is 1. The van der Waals surface area contributed by atoms with Gasteiger partial charge in [0.25, 0.3) is 0 Å². The van der Waals surface area contributed by atoms with Gasteiger partial charge in [0.15, 0.2) is 0 Å². The van der Waals surface area contributed by atoms with E-state index < -0.39 is 10.0 Å². The summed E-state index contributed by atoms with van der Waals surface area (Å²) in [6.45, 7) is 0.996. The topological polar surface area (TPSA) is 66.5 Å². The molecule has 0 radical (unpaired) electrons. The molecule has 3 rings (SSSR count). The smallest absolute Gasteiger partial charge is 0.243 e. The van der Waals surface area contributed by atoms with Crippen molar-refractivity contribution >= 4 is 33.2 Å². The number of anilines is 1. The lowest BCUT2D eigenvalue weighted by molar-refractivity contribution is -0.116. The van der Waals surface area contributed by atoms with Crippen molar-refractivity contribution in [2.24, 2.45) is 5.92 Å². The second-order valence-electron chi connectivity index (χ2n) is 6.76. The summed E-state index contributed by atoms with van der Waals surface area (Å²) in [5, 5.41) is 3.43. The minimum Gasteiger partial charge on any atom is -0.326 e. The number of nitrogens with zero attached hydrogens (tertiary/aromatic N) is 1. The van der Waals surface area contributed by atoms with Crippen molar-refractivity contribution in [3.8, 4) is 0 Å². The third kappa shape index (κ3) is 5.31. The summed E-state index contributed by atoms with van der Waals surface area (Å²) in [5.41, 5.74) is 0.691. The van der Waals surface area contributed by atoms with Crippen molar-refractivity contribution in [1.82, 2.24) is 4.31 Å². The number of piperidine rings is 1. The van der Waals surface area contributed by atoms with Gasteiger partial charge in [-0.1, -0.05) is 35.9 Å². The van der Waals surface area contributed by atoms with Gasteiger partial charge in [0, 0.05) is 30.2 Å². The molecule has 0 atom stereocenters. The van der Waals surface area contributed by atoms with Crippen LogP contribution in [0.3, 0.4) is 0 Å². The van der Waals surface area contributed by atoms with Crippen molar-refractivity contribution in [2.45, 2.75) is 30.6 Å². The second kappa shape index (κ2) is 8.87. The van der Waals surface area contributed by atoms with Gasteiger partial charge >= 0.3 is 0 Å². The summed E-state index contributed by atoms with van der Waals surface area (Å²) in [6.07, 6.45) is 2.72. The fraction of sp³-hybridized carbons (Fsp3) is 0.350. The number of hydrogen-bond acceptors (Lipinski definition) is 3. The van der Waals surface area contributed by atoms with Crippen LogP contribution in [-0.2, 0) is 14.8 Å². The van der Waals surface area contributed by atoms with Gasteiger partial charge in [0.2, 0.25) is 15.9 Å². The Bertz CT molecular complexity index is 879. The van der Waals surface area contributed by atoms with E-state index >= 15 is 0 Å². The number of nitrogens with one attached hydrogen (secondary N) is 1. The average Bonchev–Trinajstić information content (AvgIpc) is 2.67. The van der Waals surface area contributed by atoms with Crippen molar-refractivity contribution in [2.75, 3.05) is 18.4 Å². The van der Waals surface area contributed by atoms with E-state index in [4.69, 9.17) is 11.6 Å². The van der Waals surface area contributed by atoms with Gasteiger partial charge in [-0.3, -0.25) is 4.79 Å². The molecule has 1 saturated heterocycles. The Kier molecular flexibility index (Phi) is 6.52. The van der Waals surface area contributed by atoms with E-state index in [9.17, 15) is 13.2 Å². The molecule has 1 aliphatic rings. The number of hydrogen-bond donors (Lipinski definition) is 1. The lowest BCUT2D eigenvalue weighted by Crippen LogP contribution is -2.38. The minimum absolute atomic E-state index is 0.0448. The molecular formula is C20H23ClN2O3S. The molecule has 1 amide bonds. The first-order chi connectivity index (χ1) is 12.9. The highest BCUT2D eigenvalue weighted by Crippen LogP contribution is 2.26. The van der Waals surface area contributed by atoms with Crippen molar-refractivity contribution in [3.05, 3.63) is 59.6 Å². The van der Waals surface area contributed by atoms with E-state index in [1.165, 1.54) is 0 Å². The summed E-state index contributed by atoms with van der Waals surface area (Å²) >= 11 is 5.92. The molecule has 0 aromatic heterocycles. The van der Waals surface area contributed by atoms with Crippen LogP contribution in [0.4, 0.5) is 5.69 Å². The molecule has 0 aliphatic carbocycles. The predicted octanol–water partition coefficient (Wildman–Crippen LogP) is 4.16. The van der Waals surface area contributed by atoms with Gasteiger partial charge in [-0.2, -0.15) is 4.31 Å². The number of rotatable bonds is 6. The van der Waals surface area contributed by atoms with E-state index in [1.54, 1.807) is 58.9 Å². The molecule has 2 aromatic rings. The van der Waals surface area contributed by atoms with E-state index in [0.717, 1.165) is 19.3 Å². The fourth-order valence-corrected chi connectivity index (χ4v) is 4.99. The largest absolute Gasteiger partial charge is 0.326 e. The Morgan fingerprint density at radius 1 is 1.07 bits per heavy atom. The SMILES string of the molecule is O=C(CCC1CCN(S(=O)(=O)c2ccccc2)CC1)Nc1cccc(Cl)c1. The minimum atomic E-state index is -3.42. The predicted molar refractivity (Wildman–Crippen MR) is 107 cm³/mol. The van der Waals surface area contributed by atoms with Gasteiger partial charge in [-0.25, -0.2) is 8.42 Å². The van der Waals surface area contributed by atoms with Gasteiger partial charge in [0.1, 0.15) is 0 Å². The van der Waals surface area contributed by atoms with Gasteiger partial charge in [-0.15, -0.1) is 0 Å². The first kappa shape index (κ1) is 19.9. The third-order valence-corrected chi connectivity index (χ3v) is 6.99. The highest BCUT2D eigenvalue weighted by Gasteiger charge is 2.29. The molecular weight excluding hydrogens is 384 g/mol. The van der Waals surface area contributed by atoms with Crippen molar-refractivity contribution in [1.29, 1.82) is 0 Å². The zero-order chi connectivity index (χ0) is 19.3. The quantitative estimate of drug-likeness (QED) is 0.783. The highest BCUT2D eigenvalue weighted by molar-refractivity contribution is 7.89. The lowest BCUT2D eigenvalue weighted by atomic mass is 9.93. The van der Waals surface area contributed by atoms with E-state index in [1.807, 2.05) is 0 Å². The maximum absolute atomic E-state index is 12.6. The molecule has 0 unspecified atom stereocenters. The normalized spacial score (nSPS) is 16.2. The standard InChI is InChI=1S/C20H23ClN2O3S/c21-17-5-4-6-18(15-17)22-20(24)10-9-16-11-13-23(14-12-16)27(25,26)19-7-2-1-3-8-19/h1-8,15-16H,9-14H2,(H,22,24). The van der Waals surface area contributed by atoms with Crippen LogP contribution in [0.1, 0.15) is 25.7 Å². The Balaban J connectivity index is 1.46. The van der Waals surface area contributed by atoms with Crippen LogP contribution in [0.25, 0.3) is 0 Å². The summed E-state index contributed by atoms with van der Waals surface area (Å²) in [4.78, 5) is 12.5. The molecule has 1 aliphatic heterocycles. The summed E-state index contributed by atoms with van der Waals surface area (Å²) < 4.78 is 26.8. The Morgan fingerprint density at radius 3 is 2.44 bits per heavy atom. The Morgan fingerprint density at radius 2 is 1.78 bits per heavy atom. The van der Waals surface area contributed by atoms with Gasteiger partial charge in [-0.05, 0) is 55.5 Å². The lowest BCUT2D eigenvalue weighted by Gasteiger charge is -2.31. The Labute approximate surface area is 165 Å². The monoisotopic (exact) mass is 406 g/mol. The van der Waals surface area contributed by atoms with Crippen LogP contribution >= 0.6 is 11.6 Å². The molecule has 0 bridgehead atoms. The zero-order valence-corrected chi connectivity index (χ0v) is 16.5. The molecule has 1 N–H and O–H groups in total. The molecule has 2 aromatic carbocycles. The third-order valence-electron chi connectivity index (χ3n) is 4.84. The molecule has 5 nitrogen and oxygen atoms in total. The fourth-order valence-electron chi connectivity index (χ4n) is 3.30. The maximum atomic E-state index is 12.6. The first-order valence-electron chi connectivity index (χ1n) is 9.06. The number of amides is 1. The first-order valence-corrected chi connectivity index (χ1v) is 10.9. The highest BCUT2D eigenvalue weighted by atomic mass is 35.5. The zero-order valence-electron chi connectivity index (χ0n) is 15.0.